The smallest absolute Gasteiger partial charge is 0.340 e. The van der Waals surface area contributed by atoms with Gasteiger partial charge in [0.05, 0.1) is 24.0 Å². The Hall–Kier alpha value is -1.71. The number of hydrogen-bond acceptors (Lipinski definition) is 4. The van der Waals surface area contributed by atoms with Crippen molar-refractivity contribution in [1.82, 2.24) is 0 Å². The van der Waals surface area contributed by atoms with Crippen LogP contribution in [0, 0.1) is 0 Å². The number of anilines is 2. The second-order valence-corrected chi connectivity index (χ2v) is 3.90. The summed E-state index contributed by atoms with van der Waals surface area (Å²) in [5.41, 5.74) is 2.56. The summed E-state index contributed by atoms with van der Waals surface area (Å²) in [4.78, 5) is 13.8. The van der Waals surface area contributed by atoms with Crippen molar-refractivity contribution in [1.29, 1.82) is 0 Å². The van der Waals surface area contributed by atoms with E-state index in [0.29, 0.717) is 5.56 Å². The molecule has 0 fully saturated rings. The van der Waals surface area contributed by atoms with E-state index >= 15 is 0 Å². The molecule has 0 amide bonds. The van der Waals surface area contributed by atoms with Crippen molar-refractivity contribution in [3.63, 3.8) is 0 Å². The molecule has 4 heteroatoms. The molecule has 0 spiro atoms. The molecule has 0 unspecified atom stereocenters. The van der Waals surface area contributed by atoms with Gasteiger partial charge in [0.25, 0.3) is 0 Å². The largest absolute Gasteiger partial charge is 0.465 e. The van der Waals surface area contributed by atoms with Gasteiger partial charge in [0.2, 0.25) is 0 Å². The van der Waals surface area contributed by atoms with Gasteiger partial charge in [-0.3, -0.25) is 0 Å². The molecule has 1 N–H and O–H groups in total. The van der Waals surface area contributed by atoms with Gasteiger partial charge in [-0.1, -0.05) is 6.07 Å². The molecule has 4 nitrogen and oxygen atoms in total. The summed E-state index contributed by atoms with van der Waals surface area (Å²) in [6.07, 6.45) is 1.06. The van der Waals surface area contributed by atoms with Gasteiger partial charge in [-0.05, 0) is 18.6 Å². The van der Waals surface area contributed by atoms with Crippen LogP contribution in [0.3, 0.4) is 0 Å². The Morgan fingerprint density at radius 3 is 3.06 bits per heavy atom. The molecule has 1 heterocycles. The van der Waals surface area contributed by atoms with Crippen molar-refractivity contribution >= 4 is 17.3 Å². The first-order valence-electron chi connectivity index (χ1n) is 5.40. The highest BCUT2D eigenvalue weighted by atomic mass is 16.5. The minimum atomic E-state index is -0.285. The van der Waals surface area contributed by atoms with E-state index in [4.69, 9.17) is 4.74 Å². The third-order valence-electron chi connectivity index (χ3n) is 2.81. The highest BCUT2D eigenvalue weighted by Gasteiger charge is 2.20. The fourth-order valence-electron chi connectivity index (χ4n) is 2.02. The Morgan fingerprint density at radius 1 is 1.50 bits per heavy atom. The Kier molecular flexibility index (Phi) is 2.99. The molecule has 0 atom stereocenters. The van der Waals surface area contributed by atoms with Crippen molar-refractivity contribution in [2.75, 3.05) is 37.5 Å². The second-order valence-electron chi connectivity index (χ2n) is 3.90. The minimum Gasteiger partial charge on any atom is -0.465 e. The number of benzene rings is 1. The Bertz CT molecular complexity index is 404. The molecule has 0 saturated heterocycles. The molecule has 1 aliphatic heterocycles. The van der Waals surface area contributed by atoms with Crippen LogP contribution in [0.15, 0.2) is 18.2 Å². The van der Waals surface area contributed by atoms with Gasteiger partial charge in [-0.15, -0.1) is 0 Å². The van der Waals surface area contributed by atoms with Crippen LogP contribution in [0.1, 0.15) is 16.8 Å². The first-order valence-corrected chi connectivity index (χ1v) is 5.40. The average molecular weight is 220 g/mol. The van der Waals surface area contributed by atoms with E-state index in [0.717, 1.165) is 30.9 Å². The molecule has 0 aliphatic carbocycles. The molecule has 16 heavy (non-hydrogen) atoms. The lowest BCUT2D eigenvalue weighted by Gasteiger charge is -2.21. The van der Waals surface area contributed by atoms with E-state index in [9.17, 15) is 4.79 Å². The number of ether oxygens (including phenoxy) is 1. The summed E-state index contributed by atoms with van der Waals surface area (Å²) in [5, 5.41) is 3.33. The number of para-hydroxylation sites is 1. The summed E-state index contributed by atoms with van der Waals surface area (Å²) >= 11 is 0. The third-order valence-corrected chi connectivity index (χ3v) is 2.81. The molecule has 1 aliphatic rings. The maximum absolute atomic E-state index is 11.7. The Morgan fingerprint density at radius 2 is 2.31 bits per heavy atom. The summed E-state index contributed by atoms with van der Waals surface area (Å²) in [7, 11) is 3.41. The molecule has 86 valence electrons. The number of fused-ring (bicyclic) bond motifs is 1. The van der Waals surface area contributed by atoms with Crippen LogP contribution < -0.4 is 10.2 Å². The van der Waals surface area contributed by atoms with Crippen LogP contribution in [-0.2, 0) is 4.74 Å². The molecule has 0 radical (unpaired) electrons. The number of rotatable bonds is 1. The van der Waals surface area contributed by atoms with E-state index in [-0.39, 0.29) is 5.97 Å². The SMILES string of the molecule is COC(=O)c1cccc2c1N(C)CCCN2. The van der Waals surface area contributed by atoms with Crippen LogP contribution in [0.2, 0.25) is 0 Å². The molecule has 1 aromatic carbocycles. The van der Waals surface area contributed by atoms with E-state index in [1.165, 1.54) is 7.11 Å². The van der Waals surface area contributed by atoms with Gasteiger partial charge in [-0.2, -0.15) is 0 Å². The van der Waals surface area contributed by atoms with Crippen LogP contribution in [0.25, 0.3) is 0 Å². The van der Waals surface area contributed by atoms with Gasteiger partial charge >= 0.3 is 5.97 Å². The number of carbonyl (C=O) groups excluding carboxylic acids is 1. The second kappa shape index (κ2) is 4.43. The Balaban J connectivity index is 2.51. The molecule has 0 saturated carbocycles. The van der Waals surface area contributed by atoms with Crippen LogP contribution >= 0.6 is 0 Å². The van der Waals surface area contributed by atoms with Crippen LogP contribution in [0.4, 0.5) is 11.4 Å². The third kappa shape index (κ3) is 1.83. The first-order chi connectivity index (χ1) is 7.74. The quantitative estimate of drug-likeness (QED) is 0.732. The topological polar surface area (TPSA) is 41.6 Å². The number of carbonyl (C=O) groups is 1. The lowest BCUT2D eigenvalue weighted by molar-refractivity contribution is 0.0601. The molecule has 2 rings (SSSR count). The van der Waals surface area contributed by atoms with Crippen LogP contribution in [-0.4, -0.2) is 33.2 Å². The predicted octanol–water partition coefficient (Wildman–Crippen LogP) is 1.72. The zero-order valence-corrected chi connectivity index (χ0v) is 9.62. The summed E-state index contributed by atoms with van der Waals surface area (Å²) in [6.45, 7) is 1.87. The van der Waals surface area contributed by atoms with Gasteiger partial charge in [-0.25, -0.2) is 4.79 Å². The zero-order valence-electron chi connectivity index (χ0n) is 9.62. The molecule has 0 aromatic heterocycles. The standard InChI is InChI=1S/C12H16N2O2/c1-14-8-4-7-13-10-6-3-5-9(11(10)14)12(15)16-2/h3,5-6,13H,4,7-8H2,1-2H3. The summed E-state index contributed by atoms with van der Waals surface area (Å²) in [6, 6.07) is 5.66. The summed E-state index contributed by atoms with van der Waals surface area (Å²) < 4.78 is 4.80. The maximum Gasteiger partial charge on any atom is 0.340 e. The first kappa shape index (κ1) is 10.8. The van der Waals surface area contributed by atoms with Crippen molar-refractivity contribution in [2.24, 2.45) is 0 Å². The molecular weight excluding hydrogens is 204 g/mol. The maximum atomic E-state index is 11.7. The van der Waals surface area contributed by atoms with E-state index in [1.54, 1.807) is 6.07 Å². The monoisotopic (exact) mass is 220 g/mol. The Labute approximate surface area is 95.2 Å². The lowest BCUT2D eigenvalue weighted by Crippen LogP contribution is -2.20. The van der Waals surface area contributed by atoms with Crippen molar-refractivity contribution in [2.45, 2.75) is 6.42 Å². The van der Waals surface area contributed by atoms with Crippen molar-refractivity contribution in [3.8, 4) is 0 Å². The van der Waals surface area contributed by atoms with Gasteiger partial charge < -0.3 is 15.0 Å². The molecule has 1 aromatic rings. The number of nitrogens with zero attached hydrogens (tertiary/aromatic N) is 1. The van der Waals surface area contributed by atoms with Gasteiger partial charge in [0.1, 0.15) is 0 Å². The van der Waals surface area contributed by atoms with E-state index in [2.05, 4.69) is 10.2 Å². The number of esters is 1. The number of nitrogens with one attached hydrogen (secondary N) is 1. The number of methoxy groups -OCH3 is 1. The highest BCUT2D eigenvalue weighted by Crippen LogP contribution is 2.31. The normalized spacial score (nSPS) is 14.8. The average Bonchev–Trinajstić information content (AvgIpc) is 2.50. The van der Waals surface area contributed by atoms with Gasteiger partial charge in [0.15, 0.2) is 0 Å². The molecule has 0 bridgehead atoms. The molecular formula is C12H16N2O2. The highest BCUT2D eigenvalue weighted by molar-refractivity contribution is 5.99. The van der Waals surface area contributed by atoms with Gasteiger partial charge in [0, 0.05) is 20.1 Å². The van der Waals surface area contributed by atoms with E-state index in [1.807, 2.05) is 19.2 Å². The summed E-state index contributed by atoms with van der Waals surface area (Å²) in [5.74, 6) is -0.285. The van der Waals surface area contributed by atoms with Crippen LogP contribution in [0.5, 0.6) is 0 Å². The van der Waals surface area contributed by atoms with Crippen molar-refractivity contribution in [3.05, 3.63) is 23.8 Å². The fraction of sp³-hybridized carbons (Fsp3) is 0.417. The lowest BCUT2D eigenvalue weighted by atomic mass is 10.1. The minimum absolute atomic E-state index is 0.285. The zero-order chi connectivity index (χ0) is 11.5. The number of hydrogen-bond donors (Lipinski definition) is 1. The van der Waals surface area contributed by atoms with Crippen molar-refractivity contribution < 1.29 is 9.53 Å². The predicted molar refractivity (Wildman–Crippen MR) is 64.2 cm³/mol. The fourth-order valence-corrected chi connectivity index (χ4v) is 2.02. The van der Waals surface area contributed by atoms with E-state index < -0.39 is 0 Å².